The molecule has 1 N–H and O–H groups in total. The van der Waals surface area contributed by atoms with E-state index in [4.69, 9.17) is 4.74 Å². The fraction of sp³-hybridized carbons (Fsp3) is 0.538. The number of ether oxygens (including phenoxy) is 1. The van der Waals surface area contributed by atoms with E-state index in [1.807, 2.05) is 19.3 Å². The van der Waals surface area contributed by atoms with E-state index in [-0.39, 0.29) is 0 Å². The van der Waals surface area contributed by atoms with E-state index >= 15 is 0 Å². The third-order valence-corrected chi connectivity index (χ3v) is 3.29. The van der Waals surface area contributed by atoms with Crippen molar-refractivity contribution in [3.05, 3.63) is 18.2 Å². The van der Waals surface area contributed by atoms with E-state index in [0.29, 0.717) is 31.1 Å². The van der Waals surface area contributed by atoms with Gasteiger partial charge in [0.25, 0.3) is 0 Å². The molecule has 0 bridgehead atoms. The SMILES string of the molecule is CCCOc1nc(NC)nc(N2CCn3ccnc3C2)n1. The molecule has 0 amide bonds. The second kappa shape index (κ2) is 5.94. The number of rotatable bonds is 5. The van der Waals surface area contributed by atoms with Crippen molar-refractivity contribution in [2.24, 2.45) is 0 Å². The minimum absolute atomic E-state index is 0.361. The van der Waals surface area contributed by atoms with Crippen molar-refractivity contribution >= 4 is 11.9 Å². The molecule has 3 rings (SSSR count). The highest BCUT2D eigenvalue weighted by atomic mass is 16.5. The summed E-state index contributed by atoms with van der Waals surface area (Å²) in [4.78, 5) is 19.5. The van der Waals surface area contributed by atoms with Gasteiger partial charge in [-0.15, -0.1) is 0 Å². The van der Waals surface area contributed by atoms with Gasteiger partial charge in [0, 0.05) is 32.5 Å². The maximum atomic E-state index is 5.53. The van der Waals surface area contributed by atoms with Crippen LogP contribution in [0.4, 0.5) is 11.9 Å². The lowest BCUT2D eigenvalue weighted by Crippen LogP contribution is -2.35. The van der Waals surface area contributed by atoms with E-state index in [2.05, 4.69) is 34.7 Å². The number of nitrogens with one attached hydrogen (secondary N) is 1. The summed E-state index contributed by atoms with van der Waals surface area (Å²) in [6.45, 7) is 5.04. The van der Waals surface area contributed by atoms with Gasteiger partial charge in [-0.05, 0) is 6.42 Å². The molecule has 0 unspecified atom stereocenters. The molecular formula is C13H19N7O. The molecule has 2 aromatic rings. The standard InChI is InChI=1S/C13H19N7O/c1-3-8-21-13-17-11(14-2)16-12(18-13)20-7-6-19-5-4-15-10(19)9-20/h4-5H,3,6-9H2,1-2H3,(H,14,16,17,18). The van der Waals surface area contributed by atoms with Crippen LogP contribution < -0.4 is 15.0 Å². The Labute approximate surface area is 123 Å². The lowest BCUT2D eigenvalue weighted by atomic mass is 10.4. The average molecular weight is 289 g/mol. The van der Waals surface area contributed by atoms with Gasteiger partial charge in [0.2, 0.25) is 11.9 Å². The van der Waals surface area contributed by atoms with Crippen LogP contribution in [0.5, 0.6) is 6.01 Å². The van der Waals surface area contributed by atoms with Crippen LogP contribution in [0.2, 0.25) is 0 Å². The van der Waals surface area contributed by atoms with E-state index in [9.17, 15) is 0 Å². The molecule has 1 aliphatic heterocycles. The molecule has 2 aromatic heterocycles. The lowest BCUT2D eigenvalue weighted by Gasteiger charge is -2.27. The number of imidazole rings is 1. The molecule has 0 spiro atoms. The monoisotopic (exact) mass is 289 g/mol. The molecule has 0 fully saturated rings. The smallest absolute Gasteiger partial charge is 0.323 e. The maximum Gasteiger partial charge on any atom is 0.323 e. The molecule has 8 heteroatoms. The molecule has 0 aromatic carbocycles. The normalized spacial score (nSPS) is 13.9. The van der Waals surface area contributed by atoms with Crippen LogP contribution in [0, 0.1) is 0 Å². The first-order valence-electron chi connectivity index (χ1n) is 7.11. The first kappa shape index (κ1) is 13.6. The number of hydrogen-bond donors (Lipinski definition) is 1. The summed E-state index contributed by atoms with van der Waals surface area (Å²) in [7, 11) is 1.78. The van der Waals surface area contributed by atoms with Crippen molar-refractivity contribution in [2.45, 2.75) is 26.4 Å². The van der Waals surface area contributed by atoms with Crippen LogP contribution in [0.15, 0.2) is 12.4 Å². The first-order chi connectivity index (χ1) is 10.3. The molecule has 21 heavy (non-hydrogen) atoms. The molecule has 3 heterocycles. The predicted octanol–water partition coefficient (Wildman–Crippen LogP) is 0.919. The summed E-state index contributed by atoms with van der Waals surface area (Å²) in [6.07, 6.45) is 4.73. The van der Waals surface area contributed by atoms with Crippen molar-refractivity contribution in [2.75, 3.05) is 30.4 Å². The number of anilines is 2. The summed E-state index contributed by atoms with van der Waals surface area (Å²) in [5.74, 6) is 2.15. The number of fused-ring (bicyclic) bond motifs is 1. The Kier molecular flexibility index (Phi) is 3.85. The maximum absolute atomic E-state index is 5.53. The summed E-state index contributed by atoms with van der Waals surface area (Å²) in [5.41, 5.74) is 0. The summed E-state index contributed by atoms with van der Waals surface area (Å²) in [6, 6.07) is 0.361. The highest BCUT2D eigenvalue weighted by Crippen LogP contribution is 2.19. The molecule has 1 aliphatic rings. The van der Waals surface area contributed by atoms with Gasteiger partial charge < -0.3 is 19.5 Å². The Hall–Kier alpha value is -2.38. The summed E-state index contributed by atoms with van der Waals surface area (Å²) in [5, 5.41) is 2.95. The fourth-order valence-corrected chi connectivity index (χ4v) is 2.20. The second-order valence-electron chi connectivity index (χ2n) is 4.80. The Morgan fingerprint density at radius 1 is 1.29 bits per heavy atom. The number of aromatic nitrogens is 5. The van der Waals surface area contributed by atoms with Crippen LogP contribution in [0.25, 0.3) is 0 Å². The highest BCUT2D eigenvalue weighted by molar-refractivity contribution is 5.38. The largest absolute Gasteiger partial charge is 0.463 e. The molecule has 8 nitrogen and oxygen atoms in total. The first-order valence-corrected chi connectivity index (χ1v) is 7.11. The van der Waals surface area contributed by atoms with E-state index in [1.165, 1.54) is 0 Å². The zero-order valence-corrected chi connectivity index (χ0v) is 12.3. The zero-order valence-electron chi connectivity index (χ0n) is 12.3. The van der Waals surface area contributed by atoms with Crippen molar-refractivity contribution in [3.8, 4) is 6.01 Å². The summed E-state index contributed by atoms with van der Waals surface area (Å²) >= 11 is 0. The molecular weight excluding hydrogens is 270 g/mol. The van der Waals surface area contributed by atoms with Gasteiger partial charge in [-0.25, -0.2) is 4.98 Å². The molecule has 112 valence electrons. The van der Waals surface area contributed by atoms with Gasteiger partial charge >= 0.3 is 6.01 Å². The van der Waals surface area contributed by atoms with Crippen LogP contribution >= 0.6 is 0 Å². The van der Waals surface area contributed by atoms with Crippen LogP contribution in [0.1, 0.15) is 19.2 Å². The second-order valence-corrected chi connectivity index (χ2v) is 4.80. The molecule has 0 saturated carbocycles. The van der Waals surface area contributed by atoms with Crippen LogP contribution in [-0.4, -0.2) is 44.7 Å². The molecule has 0 aliphatic carbocycles. The van der Waals surface area contributed by atoms with Crippen molar-refractivity contribution in [1.82, 2.24) is 24.5 Å². The predicted molar refractivity (Wildman–Crippen MR) is 78.4 cm³/mol. The number of hydrogen-bond acceptors (Lipinski definition) is 7. The van der Waals surface area contributed by atoms with Crippen molar-refractivity contribution in [1.29, 1.82) is 0 Å². The minimum Gasteiger partial charge on any atom is -0.463 e. The third kappa shape index (κ3) is 2.88. The lowest BCUT2D eigenvalue weighted by molar-refractivity contribution is 0.291. The van der Waals surface area contributed by atoms with E-state index in [1.54, 1.807) is 7.05 Å². The van der Waals surface area contributed by atoms with Crippen LogP contribution in [0.3, 0.4) is 0 Å². The van der Waals surface area contributed by atoms with Gasteiger partial charge in [0.05, 0.1) is 13.2 Å². The fourth-order valence-electron chi connectivity index (χ4n) is 2.20. The van der Waals surface area contributed by atoms with Gasteiger partial charge in [-0.3, -0.25) is 0 Å². The zero-order chi connectivity index (χ0) is 14.7. The minimum atomic E-state index is 0.361. The summed E-state index contributed by atoms with van der Waals surface area (Å²) < 4.78 is 7.68. The Bertz CT molecular complexity index is 612. The molecule has 0 saturated heterocycles. The molecule has 0 radical (unpaired) electrons. The Morgan fingerprint density at radius 2 is 2.19 bits per heavy atom. The Morgan fingerprint density at radius 3 is 3.00 bits per heavy atom. The molecule has 0 atom stereocenters. The third-order valence-electron chi connectivity index (χ3n) is 3.29. The average Bonchev–Trinajstić information content (AvgIpc) is 3.00. The van der Waals surface area contributed by atoms with E-state index < -0.39 is 0 Å². The Balaban J connectivity index is 1.84. The topological polar surface area (TPSA) is 81.0 Å². The van der Waals surface area contributed by atoms with Gasteiger partial charge in [-0.2, -0.15) is 15.0 Å². The van der Waals surface area contributed by atoms with E-state index in [0.717, 1.165) is 25.3 Å². The van der Waals surface area contributed by atoms with Crippen LogP contribution in [-0.2, 0) is 13.1 Å². The van der Waals surface area contributed by atoms with Gasteiger partial charge in [0.15, 0.2) is 0 Å². The van der Waals surface area contributed by atoms with Gasteiger partial charge in [-0.1, -0.05) is 6.92 Å². The quantitative estimate of drug-likeness (QED) is 0.876. The van der Waals surface area contributed by atoms with Gasteiger partial charge in [0.1, 0.15) is 5.82 Å². The highest BCUT2D eigenvalue weighted by Gasteiger charge is 2.20. The number of nitrogens with zero attached hydrogens (tertiary/aromatic N) is 6. The van der Waals surface area contributed by atoms with Crippen molar-refractivity contribution in [3.63, 3.8) is 0 Å². The van der Waals surface area contributed by atoms with Crippen molar-refractivity contribution < 1.29 is 4.74 Å².